The zero-order valence-electron chi connectivity index (χ0n) is 11.3. The van der Waals surface area contributed by atoms with Crippen molar-refractivity contribution in [2.24, 2.45) is 0 Å². The second kappa shape index (κ2) is 7.34. The van der Waals surface area contributed by atoms with Gasteiger partial charge in [-0.1, -0.05) is 6.07 Å². The number of methoxy groups -OCH3 is 2. The molecule has 0 atom stereocenters. The zero-order valence-corrected chi connectivity index (χ0v) is 11.3. The number of ether oxygens (including phenoxy) is 2. The third-order valence-corrected chi connectivity index (χ3v) is 2.48. The Hall–Kier alpha value is -2.48. The van der Waals surface area contributed by atoms with Crippen LogP contribution in [0.25, 0.3) is 0 Å². The van der Waals surface area contributed by atoms with Crippen LogP contribution in [0.4, 0.5) is 14.5 Å². The van der Waals surface area contributed by atoms with Gasteiger partial charge in [0.1, 0.15) is 5.70 Å². The number of benzene rings is 1. The van der Waals surface area contributed by atoms with E-state index in [-0.39, 0.29) is 5.56 Å². The summed E-state index contributed by atoms with van der Waals surface area (Å²) in [6.45, 7) is -0.605. The lowest BCUT2D eigenvalue weighted by Gasteiger charge is -2.13. The van der Waals surface area contributed by atoms with Crippen LogP contribution in [-0.2, 0) is 25.7 Å². The average molecular weight is 301 g/mol. The summed E-state index contributed by atoms with van der Waals surface area (Å²) in [5.41, 5.74) is -0.949. The molecule has 1 aromatic rings. The van der Waals surface area contributed by atoms with E-state index in [9.17, 15) is 18.4 Å². The fourth-order valence-corrected chi connectivity index (χ4v) is 1.42. The lowest BCUT2D eigenvalue weighted by Crippen LogP contribution is -2.17. The molecule has 0 spiro atoms. The van der Waals surface area contributed by atoms with Crippen LogP contribution < -0.4 is 5.32 Å². The van der Waals surface area contributed by atoms with E-state index in [1.807, 2.05) is 0 Å². The first-order valence-corrected chi connectivity index (χ1v) is 5.67. The number of carbonyl (C=O) groups is 2. The van der Waals surface area contributed by atoms with E-state index in [1.165, 1.54) is 0 Å². The number of nitrogens with one attached hydrogen (secondary N) is 1. The molecule has 0 amide bonds. The Morgan fingerprint density at radius 3 is 2.48 bits per heavy atom. The first-order chi connectivity index (χ1) is 9.94. The van der Waals surface area contributed by atoms with Crippen LogP contribution in [0.2, 0.25) is 0 Å². The molecule has 0 aliphatic rings. The van der Waals surface area contributed by atoms with E-state index in [1.54, 1.807) is 0 Å². The molecule has 0 aliphatic carbocycles. The highest BCUT2D eigenvalue weighted by molar-refractivity contribution is 5.98. The molecule has 1 aromatic carbocycles. The van der Waals surface area contributed by atoms with Gasteiger partial charge in [-0.2, -0.15) is 0 Å². The standard InChI is InChI=1S/C13H13F2NO5/c1-20-10(18)5-9(13(19)21-2)16-12-7(6-17)3-4-8(14)11(12)15/h3-5,16-17H,6H2,1-2H3/b9-5+. The largest absolute Gasteiger partial charge is 0.466 e. The molecule has 114 valence electrons. The monoisotopic (exact) mass is 301 g/mol. The van der Waals surface area contributed by atoms with Crippen molar-refractivity contribution in [2.45, 2.75) is 6.61 Å². The van der Waals surface area contributed by atoms with Gasteiger partial charge in [-0.15, -0.1) is 0 Å². The number of hydrogen-bond donors (Lipinski definition) is 2. The molecule has 0 aromatic heterocycles. The van der Waals surface area contributed by atoms with E-state index >= 15 is 0 Å². The summed E-state index contributed by atoms with van der Waals surface area (Å²) < 4.78 is 35.7. The van der Waals surface area contributed by atoms with Crippen molar-refractivity contribution in [3.8, 4) is 0 Å². The van der Waals surface area contributed by atoms with Gasteiger partial charge in [0.15, 0.2) is 11.6 Å². The zero-order chi connectivity index (χ0) is 16.0. The molecule has 21 heavy (non-hydrogen) atoms. The second-order valence-electron chi connectivity index (χ2n) is 3.75. The van der Waals surface area contributed by atoms with Crippen molar-refractivity contribution in [1.29, 1.82) is 0 Å². The summed E-state index contributed by atoms with van der Waals surface area (Å²) in [6.07, 6.45) is 0.720. The maximum absolute atomic E-state index is 13.8. The molecule has 0 unspecified atom stereocenters. The lowest BCUT2D eigenvalue weighted by atomic mass is 10.1. The number of aliphatic hydroxyl groups excluding tert-OH is 1. The van der Waals surface area contributed by atoms with E-state index in [0.29, 0.717) is 0 Å². The van der Waals surface area contributed by atoms with Crippen LogP contribution in [0.15, 0.2) is 23.9 Å². The number of hydrogen-bond acceptors (Lipinski definition) is 6. The normalized spacial score (nSPS) is 11.0. The minimum absolute atomic E-state index is 0.00595. The Morgan fingerprint density at radius 2 is 1.95 bits per heavy atom. The van der Waals surface area contributed by atoms with Crippen LogP contribution in [-0.4, -0.2) is 31.3 Å². The highest BCUT2D eigenvalue weighted by Crippen LogP contribution is 2.24. The highest BCUT2D eigenvalue weighted by Gasteiger charge is 2.19. The Labute approximate surface area is 119 Å². The minimum Gasteiger partial charge on any atom is -0.466 e. The topological polar surface area (TPSA) is 84.9 Å². The Kier molecular flexibility index (Phi) is 5.79. The molecule has 0 bridgehead atoms. The summed E-state index contributed by atoms with van der Waals surface area (Å²) in [4.78, 5) is 22.7. The smallest absolute Gasteiger partial charge is 0.354 e. The molecule has 0 heterocycles. The van der Waals surface area contributed by atoms with Crippen LogP contribution in [0.1, 0.15) is 5.56 Å². The number of rotatable bonds is 5. The summed E-state index contributed by atoms with van der Waals surface area (Å²) in [5.74, 6) is -4.38. The van der Waals surface area contributed by atoms with Crippen LogP contribution >= 0.6 is 0 Å². The molecule has 0 radical (unpaired) electrons. The molecule has 0 saturated carbocycles. The van der Waals surface area contributed by atoms with Crippen molar-refractivity contribution in [3.05, 3.63) is 41.1 Å². The SMILES string of the molecule is COC(=O)/C=C(/Nc1c(CO)ccc(F)c1F)C(=O)OC. The van der Waals surface area contributed by atoms with E-state index in [2.05, 4.69) is 14.8 Å². The summed E-state index contributed by atoms with van der Waals surface area (Å²) in [6, 6.07) is 1.96. The summed E-state index contributed by atoms with van der Waals surface area (Å²) >= 11 is 0. The Bertz CT molecular complexity index is 586. The molecule has 2 N–H and O–H groups in total. The summed E-state index contributed by atoms with van der Waals surface area (Å²) in [5, 5.41) is 11.3. The molecular weight excluding hydrogens is 288 g/mol. The molecule has 0 fully saturated rings. The maximum atomic E-state index is 13.8. The average Bonchev–Trinajstić information content (AvgIpc) is 2.50. The van der Waals surface area contributed by atoms with Crippen molar-refractivity contribution in [1.82, 2.24) is 0 Å². The van der Waals surface area contributed by atoms with Crippen LogP contribution in [0.3, 0.4) is 0 Å². The van der Waals surface area contributed by atoms with E-state index in [0.717, 1.165) is 32.4 Å². The highest BCUT2D eigenvalue weighted by atomic mass is 19.2. The minimum atomic E-state index is -1.30. The van der Waals surface area contributed by atoms with Gasteiger partial charge in [0.2, 0.25) is 0 Å². The first kappa shape index (κ1) is 16.6. The van der Waals surface area contributed by atoms with Crippen LogP contribution in [0, 0.1) is 11.6 Å². The predicted molar refractivity (Wildman–Crippen MR) is 68.0 cm³/mol. The number of anilines is 1. The van der Waals surface area contributed by atoms with E-state index < -0.39 is 41.6 Å². The van der Waals surface area contributed by atoms with Crippen molar-refractivity contribution < 1.29 is 33.0 Å². The fraction of sp³-hybridized carbons (Fsp3) is 0.231. The molecule has 1 rings (SSSR count). The van der Waals surface area contributed by atoms with Gasteiger partial charge in [0.25, 0.3) is 0 Å². The fourth-order valence-electron chi connectivity index (χ4n) is 1.42. The summed E-state index contributed by atoms with van der Waals surface area (Å²) in [7, 11) is 2.12. The predicted octanol–water partition coefficient (Wildman–Crippen LogP) is 1.10. The third kappa shape index (κ3) is 3.99. The Balaban J connectivity index is 3.27. The molecule has 0 saturated heterocycles. The molecule has 0 aliphatic heterocycles. The van der Waals surface area contributed by atoms with Gasteiger partial charge >= 0.3 is 11.9 Å². The second-order valence-corrected chi connectivity index (χ2v) is 3.75. The first-order valence-electron chi connectivity index (χ1n) is 5.67. The number of esters is 2. The number of carbonyl (C=O) groups excluding carboxylic acids is 2. The van der Waals surface area contributed by atoms with E-state index in [4.69, 9.17) is 5.11 Å². The van der Waals surface area contributed by atoms with Crippen LogP contribution in [0.5, 0.6) is 0 Å². The lowest BCUT2D eigenvalue weighted by molar-refractivity contribution is -0.138. The Morgan fingerprint density at radius 1 is 1.29 bits per heavy atom. The van der Waals surface area contributed by atoms with Gasteiger partial charge in [-0.05, 0) is 6.07 Å². The van der Waals surface area contributed by atoms with Crippen molar-refractivity contribution >= 4 is 17.6 Å². The van der Waals surface area contributed by atoms with Crippen molar-refractivity contribution in [3.63, 3.8) is 0 Å². The quantitative estimate of drug-likeness (QED) is 0.626. The van der Waals surface area contributed by atoms with Gasteiger partial charge < -0.3 is 19.9 Å². The number of halogens is 2. The maximum Gasteiger partial charge on any atom is 0.354 e. The third-order valence-electron chi connectivity index (χ3n) is 2.48. The van der Waals surface area contributed by atoms with Gasteiger partial charge in [0.05, 0.1) is 32.6 Å². The van der Waals surface area contributed by atoms with Gasteiger partial charge in [-0.25, -0.2) is 18.4 Å². The van der Waals surface area contributed by atoms with Gasteiger partial charge in [-0.3, -0.25) is 0 Å². The van der Waals surface area contributed by atoms with Crippen molar-refractivity contribution in [2.75, 3.05) is 19.5 Å². The van der Waals surface area contributed by atoms with Gasteiger partial charge in [0, 0.05) is 5.56 Å². The molecular formula is C13H13F2NO5. The molecule has 8 heteroatoms. The number of aliphatic hydroxyl groups is 1. The molecule has 6 nitrogen and oxygen atoms in total.